The Morgan fingerprint density at radius 3 is 2.67 bits per heavy atom. The minimum Gasteiger partial charge on any atom is -0.495 e. The van der Waals surface area contributed by atoms with Crippen LogP contribution in [0.15, 0.2) is 22.8 Å². The summed E-state index contributed by atoms with van der Waals surface area (Å²) in [6.07, 6.45) is 0.660. The number of aromatic nitrogens is 2. The van der Waals surface area contributed by atoms with Crippen LogP contribution >= 0.6 is 27.7 Å². The van der Waals surface area contributed by atoms with Crippen LogP contribution in [0.2, 0.25) is 0 Å². The Labute approximate surface area is 117 Å². The molecule has 0 saturated heterocycles. The molecule has 1 heterocycles. The van der Waals surface area contributed by atoms with Gasteiger partial charge in [-0.15, -0.1) is 0 Å². The highest BCUT2D eigenvalue weighted by Crippen LogP contribution is 2.40. The summed E-state index contributed by atoms with van der Waals surface area (Å²) in [5, 5.41) is 10.2. The van der Waals surface area contributed by atoms with Gasteiger partial charge in [-0.1, -0.05) is 0 Å². The van der Waals surface area contributed by atoms with Gasteiger partial charge in [0.25, 0.3) is 0 Å². The van der Waals surface area contributed by atoms with Crippen LogP contribution in [0.25, 0.3) is 0 Å². The molecule has 0 aliphatic carbocycles. The first-order valence-electron chi connectivity index (χ1n) is 5.05. The van der Waals surface area contributed by atoms with Crippen LogP contribution in [0, 0.1) is 0 Å². The van der Waals surface area contributed by atoms with E-state index in [0.717, 1.165) is 11.7 Å². The molecule has 18 heavy (non-hydrogen) atoms. The smallest absolute Gasteiger partial charge is 0.143 e. The van der Waals surface area contributed by atoms with Crippen molar-refractivity contribution in [2.24, 2.45) is 0 Å². The Bertz CT molecular complexity index is 533. The summed E-state index contributed by atoms with van der Waals surface area (Å²) in [6.45, 7) is 0. The zero-order chi connectivity index (χ0) is 13.1. The van der Waals surface area contributed by atoms with E-state index < -0.39 is 6.10 Å². The molecule has 5 nitrogen and oxygen atoms in total. The first-order valence-corrected chi connectivity index (χ1v) is 6.57. The van der Waals surface area contributed by atoms with Crippen LogP contribution in [0.5, 0.6) is 11.5 Å². The average molecular weight is 331 g/mol. The SMILES string of the molecule is COc1ccc(C(O)c2cnsn2)c(OC)c1Br. The monoisotopic (exact) mass is 330 g/mol. The van der Waals surface area contributed by atoms with Crippen LogP contribution in [-0.2, 0) is 0 Å². The molecule has 0 aliphatic rings. The van der Waals surface area contributed by atoms with Crippen molar-refractivity contribution in [2.45, 2.75) is 6.10 Å². The van der Waals surface area contributed by atoms with Gasteiger partial charge in [-0.2, -0.15) is 8.75 Å². The molecule has 1 N–H and O–H groups in total. The largest absolute Gasteiger partial charge is 0.495 e. The number of aliphatic hydroxyl groups is 1. The molecule has 0 radical (unpaired) electrons. The second-order valence-corrected chi connectivity index (χ2v) is 4.79. The van der Waals surface area contributed by atoms with Gasteiger partial charge in [0.05, 0.1) is 32.1 Å². The molecule has 2 aromatic rings. The number of aliphatic hydroxyl groups excluding tert-OH is 1. The molecule has 1 atom stereocenters. The highest BCUT2D eigenvalue weighted by atomic mass is 79.9. The van der Waals surface area contributed by atoms with Crippen molar-refractivity contribution in [1.82, 2.24) is 8.75 Å². The molecule has 96 valence electrons. The van der Waals surface area contributed by atoms with E-state index in [4.69, 9.17) is 9.47 Å². The highest BCUT2D eigenvalue weighted by molar-refractivity contribution is 9.10. The number of halogens is 1. The average Bonchev–Trinajstić information content (AvgIpc) is 2.91. The zero-order valence-corrected chi connectivity index (χ0v) is 12.2. The van der Waals surface area contributed by atoms with Gasteiger partial charge in [-0.25, -0.2) is 0 Å². The van der Waals surface area contributed by atoms with E-state index in [0.29, 0.717) is 27.2 Å². The molecule has 7 heteroatoms. The summed E-state index contributed by atoms with van der Waals surface area (Å²) in [4.78, 5) is 0. The molecule has 0 saturated carbocycles. The topological polar surface area (TPSA) is 64.5 Å². The first-order chi connectivity index (χ1) is 8.69. The summed E-state index contributed by atoms with van der Waals surface area (Å²) in [5.41, 5.74) is 1.10. The van der Waals surface area contributed by atoms with Gasteiger partial charge in [-0.3, -0.25) is 0 Å². The molecular formula is C11H11BrN2O3S. The van der Waals surface area contributed by atoms with E-state index >= 15 is 0 Å². The van der Waals surface area contributed by atoms with Gasteiger partial charge in [0.1, 0.15) is 27.8 Å². The predicted octanol–water partition coefficient (Wildman–Crippen LogP) is 2.40. The number of hydrogen-bond acceptors (Lipinski definition) is 6. The molecular weight excluding hydrogens is 320 g/mol. The molecule has 0 amide bonds. The molecule has 1 unspecified atom stereocenters. The number of methoxy groups -OCH3 is 2. The summed E-state index contributed by atoms with van der Waals surface area (Å²) >= 11 is 4.44. The van der Waals surface area contributed by atoms with Crippen molar-refractivity contribution >= 4 is 27.7 Å². The van der Waals surface area contributed by atoms with Crippen LogP contribution in [0.1, 0.15) is 17.4 Å². The Morgan fingerprint density at radius 1 is 1.33 bits per heavy atom. The van der Waals surface area contributed by atoms with Crippen molar-refractivity contribution in [3.63, 3.8) is 0 Å². The normalized spacial score (nSPS) is 12.2. The molecule has 1 aromatic heterocycles. The third kappa shape index (κ3) is 2.33. The maximum Gasteiger partial charge on any atom is 0.143 e. The fourth-order valence-corrected chi connectivity index (χ4v) is 2.71. The number of rotatable bonds is 4. The van der Waals surface area contributed by atoms with E-state index in [1.165, 1.54) is 13.3 Å². The lowest BCUT2D eigenvalue weighted by atomic mass is 10.1. The summed E-state index contributed by atoms with van der Waals surface area (Å²) < 4.78 is 19.0. The first kappa shape index (κ1) is 13.3. The quantitative estimate of drug-likeness (QED) is 0.932. The molecule has 0 bridgehead atoms. The second kappa shape index (κ2) is 5.64. The lowest BCUT2D eigenvalue weighted by Crippen LogP contribution is -2.04. The van der Waals surface area contributed by atoms with Gasteiger partial charge >= 0.3 is 0 Å². The van der Waals surface area contributed by atoms with Crippen LogP contribution in [-0.4, -0.2) is 28.1 Å². The van der Waals surface area contributed by atoms with E-state index in [9.17, 15) is 5.11 Å². The van der Waals surface area contributed by atoms with Crippen molar-refractivity contribution in [1.29, 1.82) is 0 Å². The van der Waals surface area contributed by atoms with E-state index in [2.05, 4.69) is 24.7 Å². The Hall–Kier alpha value is -1.18. The Morgan fingerprint density at radius 2 is 2.11 bits per heavy atom. The van der Waals surface area contributed by atoms with Crippen LogP contribution in [0.4, 0.5) is 0 Å². The summed E-state index contributed by atoms with van der Waals surface area (Å²) in [6, 6.07) is 3.50. The standard InChI is InChI=1S/C11H11BrN2O3S/c1-16-8-4-3-6(11(17-2)9(8)12)10(15)7-5-13-18-14-7/h3-5,10,15H,1-2H3. The second-order valence-electron chi connectivity index (χ2n) is 3.44. The van der Waals surface area contributed by atoms with Crippen LogP contribution in [0.3, 0.4) is 0 Å². The van der Waals surface area contributed by atoms with E-state index in [1.807, 2.05) is 0 Å². The third-order valence-corrected chi connectivity index (χ3v) is 3.71. The number of hydrogen-bond donors (Lipinski definition) is 1. The van der Waals surface area contributed by atoms with Gasteiger partial charge in [0, 0.05) is 5.56 Å². The molecule has 0 fully saturated rings. The van der Waals surface area contributed by atoms with Crippen molar-refractivity contribution in [2.75, 3.05) is 14.2 Å². The zero-order valence-electron chi connectivity index (χ0n) is 9.75. The van der Waals surface area contributed by atoms with Crippen molar-refractivity contribution in [3.05, 3.63) is 34.1 Å². The molecule has 1 aromatic carbocycles. The van der Waals surface area contributed by atoms with Gasteiger partial charge < -0.3 is 14.6 Å². The lowest BCUT2D eigenvalue weighted by molar-refractivity contribution is 0.210. The molecule has 0 spiro atoms. The Kier molecular flexibility index (Phi) is 4.15. The van der Waals surface area contributed by atoms with Gasteiger partial charge in [0.2, 0.25) is 0 Å². The Balaban J connectivity index is 2.48. The number of nitrogens with zero attached hydrogens (tertiary/aromatic N) is 2. The third-order valence-electron chi connectivity index (χ3n) is 2.47. The van der Waals surface area contributed by atoms with E-state index in [-0.39, 0.29) is 0 Å². The highest BCUT2D eigenvalue weighted by Gasteiger charge is 2.21. The maximum absolute atomic E-state index is 10.2. The predicted molar refractivity (Wildman–Crippen MR) is 71.2 cm³/mol. The fourth-order valence-electron chi connectivity index (χ4n) is 1.59. The van der Waals surface area contributed by atoms with Gasteiger partial charge in [-0.05, 0) is 28.1 Å². The summed E-state index contributed by atoms with van der Waals surface area (Å²) in [7, 11) is 3.11. The van der Waals surface area contributed by atoms with E-state index in [1.54, 1.807) is 19.2 Å². The molecule has 0 aliphatic heterocycles. The number of benzene rings is 1. The van der Waals surface area contributed by atoms with Crippen LogP contribution < -0.4 is 9.47 Å². The number of ether oxygens (including phenoxy) is 2. The van der Waals surface area contributed by atoms with Crippen molar-refractivity contribution in [3.8, 4) is 11.5 Å². The maximum atomic E-state index is 10.2. The van der Waals surface area contributed by atoms with Crippen molar-refractivity contribution < 1.29 is 14.6 Å². The minimum atomic E-state index is -0.874. The molecule has 2 rings (SSSR count). The fraction of sp³-hybridized carbons (Fsp3) is 0.273. The minimum absolute atomic E-state index is 0.496. The lowest BCUT2D eigenvalue weighted by Gasteiger charge is -2.16. The summed E-state index contributed by atoms with van der Waals surface area (Å²) in [5.74, 6) is 1.16. The van der Waals surface area contributed by atoms with Gasteiger partial charge in [0.15, 0.2) is 0 Å².